The van der Waals surface area contributed by atoms with Crippen molar-refractivity contribution in [3.8, 4) is 0 Å². The van der Waals surface area contributed by atoms with E-state index in [4.69, 9.17) is 0 Å². The van der Waals surface area contributed by atoms with E-state index in [1.807, 2.05) is 0 Å². The van der Waals surface area contributed by atoms with Crippen LogP contribution < -0.4 is 0 Å². The zero-order chi connectivity index (χ0) is 8.97. The molecule has 0 radical (unpaired) electrons. The summed E-state index contributed by atoms with van der Waals surface area (Å²) in [6.07, 6.45) is 1.24. The summed E-state index contributed by atoms with van der Waals surface area (Å²) in [5.41, 5.74) is 2.32. The van der Waals surface area contributed by atoms with Gasteiger partial charge in [-0.25, -0.2) is 0 Å². The molecule has 1 rings (SSSR count). The van der Waals surface area contributed by atoms with Gasteiger partial charge in [-0.1, -0.05) is 37.3 Å². The van der Waals surface area contributed by atoms with Crippen LogP contribution in [0.1, 0.15) is 12.5 Å². The van der Waals surface area contributed by atoms with E-state index in [1.54, 1.807) is 0 Å². The molecule has 0 heterocycles. The lowest BCUT2D eigenvalue weighted by Gasteiger charge is -2.15. The van der Waals surface area contributed by atoms with Crippen molar-refractivity contribution in [3.05, 3.63) is 35.9 Å². The second-order valence-electron chi connectivity index (χ2n) is 3.50. The molecule has 1 aromatic carbocycles. The molecule has 0 N–H and O–H groups in total. The summed E-state index contributed by atoms with van der Waals surface area (Å²) in [5.74, 6) is 0. The maximum absolute atomic E-state index is 2.35. The highest BCUT2D eigenvalue weighted by atomic mass is 79.9. The smallest absolute Gasteiger partial charge is 0.0202 e. The van der Waals surface area contributed by atoms with Crippen LogP contribution in [0, 0.1) is 0 Å². The van der Waals surface area contributed by atoms with E-state index in [0.29, 0.717) is 0 Å². The van der Waals surface area contributed by atoms with Gasteiger partial charge < -0.3 is 0 Å². The third kappa shape index (κ3) is 4.78. The molecule has 13 heavy (non-hydrogen) atoms. The summed E-state index contributed by atoms with van der Waals surface area (Å²) >= 11 is 0. The number of halogens is 1. The van der Waals surface area contributed by atoms with Crippen LogP contribution in [-0.2, 0) is 6.42 Å². The molecule has 0 bridgehead atoms. The van der Waals surface area contributed by atoms with Crippen molar-refractivity contribution >= 4 is 24.9 Å². The van der Waals surface area contributed by atoms with Gasteiger partial charge >= 0.3 is 0 Å². The van der Waals surface area contributed by atoms with Crippen molar-refractivity contribution < 1.29 is 0 Å². The van der Waals surface area contributed by atoms with E-state index in [-0.39, 0.29) is 24.9 Å². The largest absolute Gasteiger partial charge is 0.114 e. The van der Waals surface area contributed by atoms with E-state index < -0.39 is 0 Å². The van der Waals surface area contributed by atoms with Crippen molar-refractivity contribution in [2.24, 2.45) is 0 Å². The van der Waals surface area contributed by atoms with Crippen LogP contribution in [0.3, 0.4) is 0 Å². The molecule has 1 aromatic rings. The van der Waals surface area contributed by atoms with E-state index in [2.05, 4.69) is 50.6 Å². The summed E-state index contributed by atoms with van der Waals surface area (Å²) in [7, 11) is 0.215. The van der Waals surface area contributed by atoms with Crippen molar-refractivity contribution in [2.75, 3.05) is 13.3 Å². The second kappa shape index (κ2) is 6.56. The zero-order valence-corrected chi connectivity index (χ0v) is 11.1. The lowest BCUT2D eigenvalue weighted by molar-refractivity contribution is 0.931. The normalized spacial score (nSPS) is 12.3. The van der Waals surface area contributed by atoms with E-state index in [0.717, 1.165) is 5.66 Å². The molecule has 2 heteroatoms. The van der Waals surface area contributed by atoms with Crippen LogP contribution in [0.15, 0.2) is 30.3 Å². The first-order chi connectivity index (χ1) is 5.70. The molecule has 0 aliphatic heterocycles. The Hall–Kier alpha value is 0.130. The topological polar surface area (TPSA) is 0 Å². The van der Waals surface area contributed by atoms with Crippen molar-refractivity contribution in [3.63, 3.8) is 0 Å². The van der Waals surface area contributed by atoms with Gasteiger partial charge in [-0.05, 0) is 31.0 Å². The minimum Gasteiger partial charge on any atom is -0.114 e. The molecular weight excluding hydrogens is 243 g/mol. The minimum absolute atomic E-state index is 0. The van der Waals surface area contributed by atoms with Gasteiger partial charge in [0.2, 0.25) is 0 Å². The molecule has 74 valence electrons. The zero-order valence-electron chi connectivity index (χ0n) is 8.53. The van der Waals surface area contributed by atoms with E-state index in [9.17, 15) is 0 Å². The maximum atomic E-state index is 2.35. The van der Waals surface area contributed by atoms with E-state index >= 15 is 0 Å². The quantitative estimate of drug-likeness (QED) is 0.723. The third-order valence-corrected chi connectivity index (χ3v) is 4.20. The second-order valence-corrected chi connectivity index (χ2v) is 6.31. The van der Waals surface area contributed by atoms with Gasteiger partial charge in [0.15, 0.2) is 0 Å². The van der Waals surface area contributed by atoms with Crippen molar-refractivity contribution in [1.82, 2.24) is 0 Å². The number of hydrogen-bond donors (Lipinski definition) is 0. The molecule has 1 atom stereocenters. The van der Waals surface area contributed by atoms with Gasteiger partial charge in [0.25, 0.3) is 0 Å². The molecule has 0 spiro atoms. The first kappa shape index (κ1) is 13.1. The van der Waals surface area contributed by atoms with Crippen LogP contribution in [-0.4, -0.2) is 19.0 Å². The van der Waals surface area contributed by atoms with E-state index in [1.165, 1.54) is 12.0 Å². The predicted octanol–water partition coefficient (Wildman–Crippen LogP) is 3.94. The molecule has 0 aliphatic carbocycles. The summed E-state index contributed by atoms with van der Waals surface area (Å²) in [4.78, 5) is 0. The Morgan fingerprint density at radius 3 is 2.15 bits per heavy atom. The first-order valence-electron chi connectivity index (χ1n) is 4.40. The Morgan fingerprint density at radius 1 is 1.15 bits per heavy atom. The number of rotatable bonds is 3. The lowest BCUT2D eigenvalue weighted by atomic mass is 10.1. The molecule has 0 amide bonds. The van der Waals surface area contributed by atoms with Crippen LogP contribution >= 0.6 is 24.9 Å². The highest BCUT2D eigenvalue weighted by Gasteiger charge is 2.06. The Morgan fingerprint density at radius 2 is 1.69 bits per heavy atom. The summed E-state index contributed by atoms with van der Waals surface area (Å²) in [6.45, 7) is 7.05. The molecule has 0 saturated carbocycles. The van der Waals surface area contributed by atoms with Gasteiger partial charge in [0, 0.05) is 0 Å². The summed E-state index contributed by atoms with van der Waals surface area (Å²) in [6, 6.07) is 10.8. The standard InChI is InChI=1S/C11H17P.BrH/c1-10(12(2)3)9-11-7-5-4-6-8-11;/h4-8,10H,9H2,1-3H3;1H. The lowest BCUT2D eigenvalue weighted by Crippen LogP contribution is -2.02. The molecule has 0 nitrogen and oxygen atoms in total. The monoisotopic (exact) mass is 260 g/mol. The molecule has 0 saturated heterocycles. The Bertz CT molecular complexity index is 221. The average molecular weight is 261 g/mol. The van der Waals surface area contributed by atoms with Gasteiger partial charge in [0.05, 0.1) is 0 Å². The van der Waals surface area contributed by atoms with Crippen molar-refractivity contribution in [2.45, 2.75) is 19.0 Å². The summed E-state index contributed by atoms with van der Waals surface area (Å²) in [5, 5.41) is 0. The van der Waals surface area contributed by atoms with Gasteiger partial charge in [-0.3, -0.25) is 0 Å². The first-order valence-corrected chi connectivity index (χ1v) is 6.71. The Labute approximate surface area is 93.3 Å². The molecule has 0 fully saturated rings. The number of benzene rings is 1. The van der Waals surface area contributed by atoms with Crippen LogP contribution in [0.5, 0.6) is 0 Å². The average Bonchev–Trinajstić information content (AvgIpc) is 2.06. The highest BCUT2D eigenvalue weighted by molar-refractivity contribution is 8.93. The molecule has 0 aromatic heterocycles. The fourth-order valence-corrected chi connectivity index (χ4v) is 1.71. The van der Waals surface area contributed by atoms with Crippen LogP contribution in [0.2, 0.25) is 0 Å². The SMILES string of the molecule is Br.CC(Cc1ccccc1)P(C)C. The van der Waals surface area contributed by atoms with Crippen LogP contribution in [0.25, 0.3) is 0 Å². The van der Waals surface area contributed by atoms with Gasteiger partial charge in [0.1, 0.15) is 0 Å². The summed E-state index contributed by atoms with van der Waals surface area (Å²) < 4.78 is 0. The third-order valence-electron chi connectivity index (χ3n) is 2.26. The minimum atomic E-state index is 0. The van der Waals surface area contributed by atoms with Crippen molar-refractivity contribution in [1.29, 1.82) is 0 Å². The van der Waals surface area contributed by atoms with Crippen LogP contribution in [0.4, 0.5) is 0 Å². The van der Waals surface area contributed by atoms with Gasteiger partial charge in [-0.15, -0.1) is 24.9 Å². The Balaban J connectivity index is 0.00000144. The molecule has 1 unspecified atom stereocenters. The molecular formula is C11H18BrP. The fourth-order valence-electron chi connectivity index (χ4n) is 1.14. The number of hydrogen-bond acceptors (Lipinski definition) is 0. The molecule has 0 aliphatic rings. The maximum Gasteiger partial charge on any atom is -0.0202 e. The Kier molecular flexibility index (Phi) is 6.63. The predicted molar refractivity (Wildman–Crippen MR) is 68.7 cm³/mol. The van der Waals surface area contributed by atoms with Gasteiger partial charge in [-0.2, -0.15) is 0 Å². The highest BCUT2D eigenvalue weighted by Crippen LogP contribution is 2.33. The fraction of sp³-hybridized carbons (Fsp3) is 0.455.